The predicted molar refractivity (Wildman–Crippen MR) is 55.9 cm³/mol. The van der Waals surface area contributed by atoms with Crippen molar-refractivity contribution in [3.63, 3.8) is 0 Å². The SMILES string of the molecule is O=C(O)CN(CC1CC1)C(=O)C1CCOC1. The zero-order valence-corrected chi connectivity index (χ0v) is 9.22. The Labute approximate surface area is 94.4 Å². The molecule has 90 valence electrons. The normalized spacial score (nSPS) is 24.4. The Bertz CT molecular complexity index is 282. The Kier molecular flexibility index (Phi) is 3.43. The van der Waals surface area contributed by atoms with Gasteiger partial charge in [0.2, 0.25) is 5.91 Å². The molecule has 16 heavy (non-hydrogen) atoms. The average Bonchev–Trinajstić information content (AvgIpc) is 2.88. The van der Waals surface area contributed by atoms with Crippen LogP contribution in [0.5, 0.6) is 0 Å². The van der Waals surface area contributed by atoms with E-state index < -0.39 is 5.97 Å². The summed E-state index contributed by atoms with van der Waals surface area (Å²) >= 11 is 0. The van der Waals surface area contributed by atoms with Gasteiger partial charge in [0.1, 0.15) is 6.54 Å². The first-order valence-corrected chi connectivity index (χ1v) is 5.75. The van der Waals surface area contributed by atoms with Gasteiger partial charge in [-0.15, -0.1) is 0 Å². The Morgan fingerprint density at radius 2 is 2.06 bits per heavy atom. The van der Waals surface area contributed by atoms with Crippen LogP contribution in [-0.2, 0) is 14.3 Å². The molecule has 5 nitrogen and oxygen atoms in total. The van der Waals surface area contributed by atoms with Crippen molar-refractivity contribution in [1.82, 2.24) is 4.90 Å². The number of nitrogens with zero attached hydrogens (tertiary/aromatic N) is 1. The van der Waals surface area contributed by atoms with Crippen molar-refractivity contribution in [2.45, 2.75) is 19.3 Å². The van der Waals surface area contributed by atoms with Crippen LogP contribution in [0.3, 0.4) is 0 Å². The molecule has 1 aliphatic carbocycles. The summed E-state index contributed by atoms with van der Waals surface area (Å²) in [4.78, 5) is 24.2. The maximum Gasteiger partial charge on any atom is 0.323 e. The van der Waals surface area contributed by atoms with E-state index in [2.05, 4.69) is 0 Å². The number of carbonyl (C=O) groups excluding carboxylic acids is 1. The van der Waals surface area contributed by atoms with Crippen LogP contribution in [0.15, 0.2) is 0 Å². The molecule has 0 aromatic carbocycles. The molecule has 1 saturated heterocycles. The molecule has 0 aromatic rings. The molecule has 0 bridgehead atoms. The van der Waals surface area contributed by atoms with E-state index in [1.807, 2.05) is 0 Å². The lowest BCUT2D eigenvalue weighted by Crippen LogP contribution is -2.41. The summed E-state index contributed by atoms with van der Waals surface area (Å²) in [7, 11) is 0. The lowest BCUT2D eigenvalue weighted by atomic mass is 10.1. The summed E-state index contributed by atoms with van der Waals surface area (Å²) in [5, 5.41) is 8.78. The molecule has 1 heterocycles. The van der Waals surface area contributed by atoms with Crippen LogP contribution in [0.2, 0.25) is 0 Å². The number of hydrogen-bond acceptors (Lipinski definition) is 3. The molecule has 1 saturated carbocycles. The molecule has 1 unspecified atom stereocenters. The summed E-state index contributed by atoms with van der Waals surface area (Å²) in [5.74, 6) is -0.594. The summed E-state index contributed by atoms with van der Waals surface area (Å²) < 4.78 is 5.16. The molecule has 1 aliphatic heterocycles. The second-order valence-electron chi connectivity index (χ2n) is 4.62. The van der Waals surface area contributed by atoms with Crippen LogP contribution in [0.4, 0.5) is 0 Å². The van der Waals surface area contributed by atoms with Gasteiger partial charge in [-0.25, -0.2) is 0 Å². The van der Waals surface area contributed by atoms with Crippen molar-refractivity contribution < 1.29 is 19.4 Å². The molecule has 5 heteroatoms. The molecule has 2 aliphatic rings. The first-order chi connectivity index (χ1) is 7.66. The highest BCUT2D eigenvalue weighted by Crippen LogP contribution is 2.30. The van der Waals surface area contributed by atoms with Crippen molar-refractivity contribution in [1.29, 1.82) is 0 Å². The van der Waals surface area contributed by atoms with Crippen molar-refractivity contribution in [2.75, 3.05) is 26.3 Å². The largest absolute Gasteiger partial charge is 0.480 e. The Morgan fingerprint density at radius 3 is 2.56 bits per heavy atom. The van der Waals surface area contributed by atoms with Gasteiger partial charge >= 0.3 is 5.97 Å². The first kappa shape index (κ1) is 11.4. The summed E-state index contributed by atoms with van der Waals surface area (Å²) in [6.45, 7) is 1.48. The van der Waals surface area contributed by atoms with Crippen LogP contribution in [0.1, 0.15) is 19.3 Å². The number of hydrogen-bond donors (Lipinski definition) is 1. The van der Waals surface area contributed by atoms with E-state index in [-0.39, 0.29) is 18.4 Å². The van der Waals surface area contributed by atoms with Gasteiger partial charge in [0.15, 0.2) is 0 Å². The van der Waals surface area contributed by atoms with E-state index in [1.54, 1.807) is 0 Å². The van der Waals surface area contributed by atoms with Gasteiger partial charge in [0.25, 0.3) is 0 Å². The summed E-state index contributed by atoms with van der Waals surface area (Å²) in [6, 6.07) is 0. The third kappa shape index (κ3) is 2.95. The second kappa shape index (κ2) is 4.82. The van der Waals surface area contributed by atoms with Crippen molar-refractivity contribution in [3.8, 4) is 0 Å². The zero-order valence-electron chi connectivity index (χ0n) is 9.22. The second-order valence-corrected chi connectivity index (χ2v) is 4.62. The maximum atomic E-state index is 12.0. The van der Waals surface area contributed by atoms with Gasteiger partial charge in [-0.2, -0.15) is 0 Å². The van der Waals surface area contributed by atoms with Crippen LogP contribution >= 0.6 is 0 Å². The molecule has 2 fully saturated rings. The Balaban J connectivity index is 1.92. The molecule has 2 rings (SSSR count). The Morgan fingerprint density at radius 1 is 1.31 bits per heavy atom. The molecular weight excluding hydrogens is 210 g/mol. The minimum absolute atomic E-state index is 0.0493. The van der Waals surface area contributed by atoms with Gasteiger partial charge in [-0.3, -0.25) is 9.59 Å². The number of carbonyl (C=O) groups is 2. The monoisotopic (exact) mass is 227 g/mol. The number of rotatable bonds is 5. The zero-order chi connectivity index (χ0) is 11.5. The standard InChI is InChI=1S/C11H17NO4/c13-10(14)6-12(5-8-1-2-8)11(15)9-3-4-16-7-9/h8-9H,1-7H2,(H,13,14). The van der Waals surface area contributed by atoms with E-state index >= 15 is 0 Å². The molecule has 1 atom stereocenters. The van der Waals surface area contributed by atoms with Crippen molar-refractivity contribution in [3.05, 3.63) is 0 Å². The third-order valence-electron chi connectivity index (χ3n) is 3.09. The quantitative estimate of drug-likeness (QED) is 0.735. The van der Waals surface area contributed by atoms with Crippen LogP contribution in [-0.4, -0.2) is 48.2 Å². The lowest BCUT2D eigenvalue weighted by molar-refractivity contribution is -0.146. The third-order valence-corrected chi connectivity index (χ3v) is 3.09. The van der Waals surface area contributed by atoms with Gasteiger partial charge in [0.05, 0.1) is 12.5 Å². The Hall–Kier alpha value is -1.10. The average molecular weight is 227 g/mol. The van der Waals surface area contributed by atoms with E-state index in [0.29, 0.717) is 25.7 Å². The van der Waals surface area contributed by atoms with Gasteiger partial charge in [-0.05, 0) is 25.2 Å². The predicted octanol–water partition coefficient (Wildman–Crippen LogP) is 0.346. The van der Waals surface area contributed by atoms with Crippen molar-refractivity contribution in [2.24, 2.45) is 11.8 Å². The van der Waals surface area contributed by atoms with Crippen LogP contribution < -0.4 is 0 Å². The van der Waals surface area contributed by atoms with Gasteiger partial charge in [0, 0.05) is 13.2 Å². The summed E-state index contributed by atoms with van der Waals surface area (Å²) in [6.07, 6.45) is 2.95. The topological polar surface area (TPSA) is 66.8 Å². The number of carboxylic acids is 1. The van der Waals surface area contributed by atoms with E-state index in [4.69, 9.17) is 9.84 Å². The molecule has 0 spiro atoms. The minimum Gasteiger partial charge on any atom is -0.480 e. The van der Waals surface area contributed by atoms with E-state index in [0.717, 1.165) is 19.3 Å². The fourth-order valence-corrected chi connectivity index (χ4v) is 2.00. The fraction of sp³-hybridized carbons (Fsp3) is 0.818. The van der Waals surface area contributed by atoms with Gasteiger partial charge in [-0.1, -0.05) is 0 Å². The summed E-state index contributed by atoms with van der Waals surface area (Å²) in [5.41, 5.74) is 0. The van der Waals surface area contributed by atoms with Crippen LogP contribution in [0.25, 0.3) is 0 Å². The highest BCUT2D eigenvalue weighted by atomic mass is 16.5. The lowest BCUT2D eigenvalue weighted by Gasteiger charge is -2.23. The first-order valence-electron chi connectivity index (χ1n) is 5.75. The van der Waals surface area contributed by atoms with Gasteiger partial charge < -0.3 is 14.7 Å². The van der Waals surface area contributed by atoms with Crippen LogP contribution in [0, 0.1) is 11.8 Å². The number of ether oxygens (including phenoxy) is 1. The molecular formula is C11H17NO4. The number of carboxylic acid groups (broad SMARTS) is 1. The fourth-order valence-electron chi connectivity index (χ4n) is 2.00. The molecule has 1 amide bonds. The highest BCUT2D eigenvalue weighted by molar-refractivity contribution is 5.83. The highest BCUT2D eigenvalue weighted by Gasteiger charge is 2.32. The molecule has 0 aromatic heterocycles. The molecule has 1 N–H and O–H groups in total. The molecule has 0 radical (unpaired) electrons. The van der Waals surface area contributed by atoms with Crippen molar-refractivity contribution >= 4 is 11.9 Å². The number of amides is 1. The van der Waals surface area contributed by atoms with E-state index in [9.17, 15) is 9.59 Å². The van der Waals surface area contributed by atoms with E-state index in [1.165, 1.54) is 4.90 Å². The number of aliphatic carboxylic acids is 1. The maximum absolute atomic E-state index is 12.0. The minimum atomic E-state index is -0.937. The smallest absolute Gasteiger partial charge is 0.323 e.